The summed E-state index contributed by atoms with van der Waals surface area (Å²) in [5, 5.41) is 12.2. The Kier molecular flexibility index (Phi) is 4.73. The fraction of sp³-hybridized carbons (Fsp3) is 0.577. The number of rotatable bonds is 4. The molecule has 5 heteroatoms. The van der Waals surface area contributed by atoms with E-state index >= 15 is 0 Å². The Morgan fingerprint density at radius 1 is 0.839 bits per heavy atom. The highest BCUT2D eigenvalue weighted by Crippen LogP contribution is 2.60. The molecule has 31 heavy (non-hydrogen) atoms. The summed E-state index contributed by atoms with van der Waals surface area (Å²) in [7, 11) is 0. The van der Waals surface area contributed by atoms with Gasteiger partial charge >= 0.3 is 0 Å². The van der Waals surface area contributed by atoms with Crippen molar-refractivity contribution < 1.29 is 4.79 Å². The number of carbonyl (C=O) groups is 1. The highest BCUT2D eigenvalue weighted by atomic mass is 16.2. The maximum absolute atomic E-state index is 13.3. The Labute approximate surface area is 184 Å². The van der Waals surface area contributed by atoms with Gasteiger partial charge in [0.25, 0.3) is 0 Å². The van der Waals surface area contributed by atoms with E-state index in [1.165, 1.54) is 38.5 Å². The van der Waals surface area contributed by atoms with Gasteiger partial charge in [0.05, 0.1) is 11.1 Å². The lowest BCUT2D eigenvalue weighted by atomic mass is 9.49. The van der Waals surface area contributed by atoms with Gasteiger partial charge in [0, 0.05) is 24.3 Å². The number of nitrogens with zero attached hydrogens (tertiary/aromatic N) is 3. The number of hydrogen-bond acceptors (Lipinski definition) is 4. The second-order valence-corrected chi connectivity index (χ2v) is 10.6. The zero-order valence-corrected chi connectivity index (χ0v) is 18.2. The number of benzene rings is 1. The van der Waals surface area contributed by atoms with Crippen LogP contribution in [0.5, 0.6) is 0 Å². The Balaban J connectivity index is 1.13. The van der Waals surface area contributed by atoms with Gasteiger partial charge in [0.2, 0.25) is 5.91 Å². The third kappa shape index (κ3) is 3.62. The number of piperidine rings is 1. The van der Waals surface area contributed by atoms with E-state index in [4.69, 9.17) is 0 Å². The fourth-order valence-corrected chi connectivity index (χ4v) is 7.15. The molecule has 2 heterocycles. The van der Waals surface area contributed by atoms with Gasteiger partial charge in [-0.2, -0.15) is 0 Å². The predicted octanol–water partition coefficient (Wildman–Crippen LogP) is 5.29. The third-order valence-electron chi connectivity index (χ3n) is 8.29. The van der Waals surface area contributed by atoms with Crippen LogP contribution in [0.25, 0.3) is 11.3 Å². The average Bonchev–Trinajstić information content (AvgIpc) is 2.79. The molecule has 5 nitrogen and oxygen atoms in total. The first kappa shape index (κ1) is 19.3. The zero-order chi connectivity index (χ0) is 20.8. The molecule has 4 bridgehead atoms. The molecular formula is C26H32N4O. The lowest BCUT2D eigenvalue weighted by Gasteiger charge is -2.55. The number of anilines is 2. The van der Waals surface area contributed by atoms with Crippen molar-refractivity contribution in [1.29, 1.82) is 0 Å². The van der Waals surface area contributed by atoms with Crippen molar-refractivity contribution in [2.24, 2.45) is 23.2 Å². The summed E-state index contributed by atoms with van der Waals surface area (Å²) in [5.74, 6) is 3.58. The summed E-state index contributed by atoms with van der Waals surface area (Å²) in [6.07, 6.45) is 11.2. The first-order valence-electron chi connectivity index (χ1n) is 12.2. The molecule has 4 aliphatic carbocycles. The van der Waals surface area contributed by atoms with Gasteiger partial charge in [-0.1, -0.05) is 12.1 Å². The molecule has 0 atom stereocenters. The van der Waals surface area contributed by atoms with E-state index < -0.39 is 0 Å². The third-order valence-corrected chi connectivity index (χ3v) is 8.29. The quantitative estimate of drug-likeness (QED) is 0.736. The summed E-state index contributed by atoms with van der Waals surface area (Å²) in [4.78, 5) is 15.6. The Hall–Kier alpha value is -2.43. The van der Waals surface area contributed by atoms with E-state index in [1.807, 2.05) is 24.3 Å². The highest BCUT2D eigenvalue weighted by Gasteiger charge is 2.54. The van der Waals surface area contributed by atoms with Crippen molar-refractivity contribution >= 4 is 17.4 Å². The van der Waals surface area contributed by atoms with Crippen LogP contribution in [0.15, 0.2) is 36.4 Å². The summed E-state index contributed by atoms with van der Waals surface area (Å²) >= 11 is 0. The molecule has 5 fully saturated rings. The Morgan fingerprint density at radius 2 is 1.48 bits per heavy atom. The van der Waals surface area contributed by atoms with Crippen LogP contribution in [0.2, 0.25) is 0 Å². The predicted molar refractivity (Wildman–Crippen MR) is 123 cm³/mol. The van der Waals surface area contributed by atoms with Gasteiger partial charge in [-0.3, -0.25) is 4.79 Å². The number of nitrogens with one attached hydrogen (secondary N) is 1. The van der Waals surface area contributed by atoms with Crippen LogP contribution in [-0.2, 0) is 4.79 Å². The van der Waals surface area contributed by atoms with Crippen molar-refractivity contribution in [2.75, 3.05) is 23.3 Å². The number of hydrogen-bond donors (Lipinski definition) is 1. The smallest absolute Gasteiger partial charge is 0.230 e. The van der Waals surface area contributed by atoms with Gasteiger partial charge < -0.3 is 10.2 Å². The summed E-state index contributed by atoms with van der Waals surface area (Å²) in [6.45, 7) is 2.15. The largest absolute Gasteiger partial charge is 0.355 e. The van der Waals surface area contributed by atoms with E-state index in [2.05, 4.69) is 32.5 Å². The van der Waals surface area contributed by atoms with Gasteiger partial charge in [0.1, 0.15) is 0 Å². The molecule has 4 saturated carbocycles. The summed E-state index contributed by atoms with van der Waals surface area (Å²) < 4.78 is 0. The van der Waals surface area contributed by atoms with E-state index in [0.717, 1.165) is 72.9 Å². The molecule has 1 aromatic carbocycles. The summed E-state index contributed by atoms with van der Waals surface area (Å²) in [6, 6.07) is 12.2. The van der Waals surface area contributed by atoms with E-state index in [0.29, 0.717) is 0 Å². The van der Waals surface area contributed by atoms with Crippen molar-refractivity contribution in [3.8, 4) is 11.3 Å². The lowest BCUT2D eigenvalue weighted by Crippen LogP contribution is -2.51. The number of carbonyl (C=O) groups excluding carboxylic acids is 1. The fourth-order valence-electron chi connectivity index (χ4n) is 7.15. The maximum atomic E-state index is 13.3. The highest BCUT2D eigenvalue weighted by molar-refractivity contribution is 5.95. The monoisotopic (exact) mass is 416 g/mol. The van der Waals surface area contributed by atoms with Crippen molar-refractivity contribution in [3.05, 3.63) is 36.4 Å². The minimum atomic E-state index is -0.108. The van der Waals surface area contributed by atoms with Gasteiger partial charge in [-0.05, 0) is 99.8 Å². The molecule has 1 amide bonds. The molecule has 2 aromatic rings. The molecule has 1 aromatic heterocycles. The topological polar surface area (TPSA) is 58.1 Å². The van der Waals surface area contributed by atoms with Crippen molar-refractivity contribution in [1.82, 2.24) is 10.2 Å². The van der Waals surface area contributed by atoms with E-state index in [9.17, 15) is 4.79 Å². The van der Waals surface area contributed by atoms with Crippen LogP contribution >= 0.6 is 0 Å². The Bertz CT molecular complexity index is 911. The van der Waals surface area contributed by atoms with Gasteiger partial charge in [-0.25, -0.2) is 0 Å². The first-order valence-corrected chi connectivity index (χ1v) is 12.2. The molecule has 7 rings (SSSR count). The summed E-state index contributed by atoms with van der Waals surface area (Å²) in [5.41, 5.74) is 2.69. The van der Waals surface area contributed by atoms with Crippen LogP contribution in [0, 0.1) is 23.2 Å². The molecule has 1 saturated heterocycles. The van der Waals surface area contributed by atoms with Crippen LogP contribution in [0.4, 0.5) is 11.5 Å². The van der Waals surface area contributed by atoms with Crippen LogP contribution in [-0.4, -0.2) is 29.2 Å². The van der Waals surface area contributed by atoms with Crippen LogP contribution in [0.1, 0.15) is 57.8 Å². The van der Waals surface area contributed by atoms with Gasteiger partial charge in [-0.15, -0.1) is 10.2 Å². The molecule has 1 aliphatic heterocycles. The number of aromatic nitrogens is 2. The minimum absolute atomic E-state index is 0.108. The standard InChI is InChI=1S/C26H32N4O/c31-25(26-15-18-12-19(16-26)14-20(13-18)17-26)27-22-6-4-21(5-7-22)23-8-9-24(29-28-23)30-10-2-1-3-11-30/h4-9,18-20H,1-3,10-17H2,(H,27,31). The SMILES string of the molecule is O=C(Nc1ccc(-c2ccc(N3CCCCC3)nn2)cc1)C12CC3CC(CC(C3)C1)C2. The van der Waals surface area contributed by atoms with Gasteiger partial charge in [0.15, 0.2) is 5.82 Å². The van der Waals surface area contributed by atoms with Crippen molar-refractivity contribution in [2.45, 2.75) is 57.8 Å². The van der Waals surface area contributed by atoms with Crippen LogP contribution < -0.4 is 10.2 Å². The number of amides is 1. The maximum Gasteiger partial charge on any atom is 0.230 e. The lowest BCUT2D eigenvalue weighted by molar-refractivity contribution is -0.140. The van der Waals surface area contributed by atoms with E-state index in [1.54, 1.807) is 0 Å². The van der Waals surface area contributed by atoms with Crippen molar-refractivity contribution in [3.63, 3.8) is 0 Å². The minimum Gasteiger partial charge on any atom is -0.355 e. The van der Waals surface area contributed by atoms with E-state index in [-0.39, 0.29) is 11.3 Å². The molecular weight excluding hydrogens is 384 g/mol. The second-order valence-electron chi connectivity index (χ2n) is 10.6. The molecule has 5 aliphatic rings. The molecule has 0 spiro atoms. The zero-order valence-electron chi connectivity index (χ0n) is 18.2. The molecule has 162 valence electrons. The first-order chi connectivity index (χ1) is 15.2. The second kappa shape index (κ2) is 7.61. The van der Waals surface area contributed by atoms with Crippen LogP contribution in [0.3, 0.4) is 0 Å². The normalized spacial score (nSPS) is 31.6. The molecule has 1 N–H and O–H groups in total. The molecule has 0 unspecified atom stereocenters. The average molecular weight is 417 g/mol. The molecule has 0 radical (unpaired) electrons. The Morgan fingerprint density at radius 3 is 2.06 bits per heavy atom.